The number of allylic oxidation sites excluding steroid dienone is 2. The number of hydrogen-bond acceptors (Lipinski definition) is 3. The Morgan fingerprint density at radius 2 is 2.12 bits per heavy atom. The molecule has 0 saturated carbocycles. The highest BCUT2D eigenvalue weighted by molar-refractivity contribution is 6.30. The molecule has 3 nitrogen and oxygen atoms in total. The van der Waals surface area contributed by atoms with Crippen molar-refractivity contribution in [1.82, 2.24) is 0 Å². The van der Waals surface area contributed by atoms with Crippen molar-refractivity contribution in [3.8, 4) is 0 Å². The van der Waals surface area contributed by atoms with Crippen LogP contribution in [-0.2, 0) is 4.74 Å². The molecular weight excluding hydrogens is 322 g/mol. The van der Waals surface area contributed by atoms with Crippen molar-refractivity contribution in [2.75, 3.05) is 12.4 Å². The van der Waals surface area contributed by atoms with Crippen molar-refractivity contribution >= 4 is 23.3 Å². The van der Waals surface area contributed by atoms with Gasteiger partial charge in [-0.15, -0.1) is 0 Å². The van der Waals surface area contributed by atoms with E-state index in [0.29, 0.717) is 17.4 Å². The molecule has 2 aliphatic rings. The van der Waals surface area contributed by atoms with Gasteiger partial charge < -0.3 is 10.1 Å². The Kier molecular flexibility index (Phi) is 3.81. The minimum atomic E-state index is -0.298. The van der Waals surface area contributed by atoms with Gasteiger partial charge in [0.05, 0.1) is 18.7 Å². The number of benzene rings is 2. The lowest BCUT2D eigenvalue weighted by atomic mass is 9.76. The van der Waals surface area contributed by atoms with E-state index in [0.717, 1.165) is 22.7 Å². The van der Waals surface area contributed by atoms with E-state index in [1.54, 1.807) is 0 Å². The number of nitrogens with one attached hydrogen (secondary N) is 1. The van der Waals surface area contributed by atoms with Gasteiger partial charge in [-0.3, -0.25) is 0 Å². The van der Waals surface area contributed by atoms with Crippen molar-refractivity contribution in [2.24, 2.45) is 5.92 Å². The average molecular weight is 340 g/mol. The lowest BCUT2D eigenvalue weighted by Gasteiger charge is -2.37. The van der Waals surface area contributed by atoms with Crippen LogP contribution in [0.4, 0.5) is 5.69 Å². The number of fused-ring (bicyclic) bond motifs is 3. The first-order chi connectivity index (χ1) is 11.7. The third-order valence-electron chi connectivity index (χ3n) is 4.99. The van der Waals surface area contributed by atoms with Crippen molar-refractivity contribution in [3.63, 3.8) is 0 Å². The molecule has 0 amide bonds. The Balaban J connectivity index is 1.76. The molecule has 1 heterocycles. The zero-order chi connectivity index (χ0) is 16.7. The maximum atomic E-state index is 11.8. The fraction of sp³-hybridized carbons (Fsp3) is 0.250. The predicted molar refractivity (Wildman–Crippen MR) is 95.6 cm³/mol. The minimum Gasteiger partial charge on any atom is -0.465 e. The summed E-state index contributed by atoms with van der Waals surface area (Å²) in [4.78, 5) is 11.8. The van der Waals surface area contributed by atoms with Crippen LogP contribution in [0.2, 0.25) is 5.02 Å². The molecule has 122 valence electrons. The molecule has 1 aliphatic carbocycles. The average Bonchev–Trinajstić information content (AvgIpc) is 3.10. The topological polar surface area (TPSA) is 38.3 Å². The molecule has 0 bridgehead atoms. The standard InChI is InChI=1S/C20H18ClNO2/c1-24-20(23)13-8-9-18-17(11-13)15-6-3-7-16(15)19(22-18)12-4-2-5-14(21)10-12/h2-6,8-11,15-16,19,22H,7H2,1H3/t15-,16+,19-/m0/s1. The summed E-state index contributed by atoms with van der Waals surface area (Å²) in [5, 5.41) is 4.40. The van der Waals surface area contributed by atoms with Gasteiger partial charge in [-0.1, -0.05) is 35.9 Å². The summed E-state index contributed by atoms with van der Waals surface area (Å²) in [7, 11) is 1.41. The molecule has 4 heteroatoms. The predicted octanol–water partition coefficient (Wildman–Crippen LogP) is 4.95. The van der Waals surface area contributed by atoms with Crippen molar-refractivity contribution < 1.29 is 9.53 Å². The van der Waals surface area contributed by atoms with Gasteiger partial charge in [0, 0.05) is 16.6 Å². The van der Waals surface area contributed by atoms with Gasteiger partial charge in [0.2, 0.25) is 0 Å². The Bertz CT molecular complexity index is 830. The number of carbonyl (C=O) groups excluding carboxylic acids is 1. The van der Waals surface area contributed by atoms with E-state index in [1.165, 1.54) is 12.7 Å². The van der Waals surface area contributed by atoms with Crippen LogP contribution in [0, 0.1) is 5.92 Å². The van der Waals surface area contributed by atoms with Gasteiger partial charge in [0.1, 0.15) is 0 Å². The summed E-state index contributed by atoms with van der Waals surface area (Å²) in [5.41, 5.74) is 4.03. The van der Waals surface area contributed by atoms with Crippen LogP contribution >= 0.6 is 11.6 Å². The molecule has 24 heavy (non-hydrogen) atoms. The minimum absolute atomic E-state index is 0.208. The third kappa shape index (κ3) is 2.49. The molecular formula is C20H18ClNO2. The molecule has 4 rings (SSSR count). The van der Waals surface area contributed by atoms with E-state index in [9.17, 15) is 4.79 Å². The number of halogens is 1. The van der Waals surface area contributed by atoms with E-state index in [2.05, 4.69) is 23.5 Å². The smallest absolute Gasteiger partial charge is 0.337 e. The van der Waals surface area contributed by atoms with E-state index >= 15 is 0 Å². The number of anilines is 1. The van der Waals surface area contributed by atoms with E-state index in [1.807, 2.05) is 36.4 Å². The fourth-order valence-corrected chi connectivity index (χ4v) is 4.07. The van der Waals surface area contributed by atoms with E-state index in [-0.39, 0.29) is 12.0 Å². The van der Waals surface area contributed by atoms with Crippen LogP contribution in [0.25, 0.3) is 0 Å². The second-order valence-corrected chi connectivity index (χ2v) is 6.76. The zero-order valence-corrected chi connectivity index (χ0v) is 14.1. The molecule has 2 aromatic rings. The van der Waals surface area contributed by atoms with Crippen molar-refractivity contribution in [1.29, 1.82) is 0 Å². The molecule has 3 atom stereocenters. The van der Waals surface area contributed by atoms with E-state index < -0.39 is 0 Å². The maximum Gasteiger partial charge on any atom is 0.337 e. The van der Waals surface area contributed by atoms with Crippen LogP contribution in [0.3, 0.4) is 0 Å². The van der Waals surface area contributed by atoms with Crippen molar-refractivity contribution in [2.45, 2.75) is 18.4 Å². The molecule has 0 spiro atoms. The first-order valence-corrected chi connectivity index (χ1v) is 8.46. The Morgan fingerprint density at radius 1 is 1.25 bits per heavy atom. The second kappa shape index (κ2) is 5.99. The highest BCUT2D eigenvalue weighted by Crippen LogP contribution is 2.50. The SMILES string of the molecule is COC(=O)c1ccc2c(c1)[C@H]1C=CC[C@H]1[C@H](c1cccc(Cl)c1)N2. The van der Waals surface area contributed by atoms with Crippen LogP contribution < -0.4 is 5.32 Å². The maximum absolute atomic E-state index is 11.8. The van der Waals surface area contributed by atoms with Crippen LogP contribution in [0.15, 0.2) is 54.6 Å². The molecule has 0 unspecified atom stereocenters. The summed E-state index contributed by atoms with van der Waals surface area (Å²) in [6, 6.07) is 14.0. The van der Waals surface area contributed by atoms with Crippen LogP contribution in [0.5, 0.6) is 0 Å². The Morgan fingerprint density at radius 3 is 2.92 bits per heavy atom. The number of carbonyl (C=O) groups is 1. The fourth-order valence-electron chi connectivity index (χ4n) is 3.87. The first kappa shape index (κ1) is 15.3. The molecule has 1 aliphatic heterocycles. The third-order valence-corrected chi connectivity index (χ3v) is 5.23. The molecule has 1 N–H and O–H groups in total. The molecule has 0 fully saturated rings. The Hall–Kier alpha value is -2.26. The quantitative estimate of drug-likeness (QED) is 0.621. The van der Waals surface area contributed by atoms with Gasteiger partial charge in [0.25, 0.3) is 0 Å². The lowest BCUT2D eigenvalue weighted by Crippen LogP contribution is -2.29. The van der Waals surface area contributed by atoms with Gasteiger partial charge in [-0.25, -0.2) is 4.79 Å². The molecule has 0 saturated heterocycles. The lowest BCUT2D eigenvalue weighted by molar-refractivity contribution is 0.0600. The van der Waals surface area contributed by atoms with Crippen LogP contribution in [-0.4, -0.2) is 13.1 Å². The Labute approximate surface area is 146 Å². The normalized spacial score (nSPS) is 24.0. The zero-order valence-electron chi connectivity index (χ0n) is 13.3. The second-order valence-electron chi connectivity index (χ2n) is 6.32. The summed E-state index contributed by atoms with van der Waals surface area (Å²) in [5.74, 6) is 0.423. The number of esters is 1. The van der Waals surface area contributed by atoms with Gasteiger partial charge in [-0.2, -0.15) is 0 Å². The number of hydrogen-bond donors (Lipinski definition) is 1. The highest BCUT2D eigenvalue weighted by Gasteiger charge is 2.38. The number of ether oxygens (including phenoxy) is 1. The van der Waals surface area contributed by atoms with Crippen molar-refractivity contribution in [3.05, 3.63) is 76.3 Å². The van der Waals surface area contributed by atoms with Crippen LogP contribution in [0.1, 0.15) is 39.9 Å². The summed E-state index contributed by atoms with van der Waals surface area (Å²) < 4.78 is 4.85. The molecule has 0 radical (unpaired) electrons. The van der Waals surface area contributed by atoms with Gasteiger partial charge in [0.15, 0.2) is 0 Å². The van der Waals surface area contributed by atoms with E-state index in [4.69, 9.17) is 16.3 Å². The monoisotopic (exact) mass is 339 g/mol. The molecule has 0 aromatic heterocycles. The number of rotatable bonds is 2. The first-order valence-electron chi connectivity index (χ1n) is 8.08. The summed E-state index contributed by atoms with van der Waals surface area (Å²) >= 11 is 6.18. The number of methoxy groups -OCH3 is 1. The largest absolute Gasteiger partial charge is 0.465 e. The summed E-state index contributed by atoms with van der Waals surface area (Å²) in [6.45, 7) is 0. The highest BCUT2D eigenvalue weighted by atomic mass is 35.5. The van der Waals surface area contributed by atoms with Gasteiger partial charge in [-0.05, 0) is 53.8 Å². The molecule has 2 aromatic carbocycles. The summed E-state index contributed by atoms with van der Waals surface area (Å²) in [6.07, 6.45) is 5.49. The van der Waals surface area contributed by atoms with Gasteiger partial charge >= 0.3 is 5.97 Å².